The topological polar surface area (TPSA) is 58.2 Å². The molecule has 1 aromatic carbocycles. The van der Waals surface area contributed by atoms with Gasteiger partial charge in [-0.25, -0.2) is 0 Å². The third-order valence-electron chi connectivity index (χ3n) is 4.17. The molecule has 4 heteroatoms. The van der Waals surface area contributed by atoms with E-state index in [1.807, 2.05) is 37.3 Å². The van der Waals surface area contributed by atoms with Gasteiger partial charge in [0.05, 0.1) is 6.04 Å². The first-order valence-corrected chi connectivity index (χ1v) is 7.80. The van der Waals surface area contributed by atoms with E-state index in [0.29, 0.717) is 6.54 Å². The van der Waals surface area contributed by atoms with Crippen molar-refractivity contribution in [3.8, 4) is 0 Å². The van der Waals surface area contributed by atoms with E-state index in [1.165, 1.54) is 25.7 Å². The summed E-state index contributed by atoms with van der Waals surface area (Å²) < 4.78 is 0. The fraction of sp³-hybridized carbons (Fsp3) is 0.529. The molecule has 0 aliphatic heterocycles. The van der Waals surface area contributed by atoms with Crippen LogP contribution in [0.2, 0.25) is 0 Å². The van der Waals surface area contributed by atoms with E-state index in [9.17, 15) is 9.59 Å². The molecular formula is C17H24N2O2. The Hall–Kier alpha value is -1.84. The zero-order valence-corrected chi connectivity index (χ0v) is 12.6. The highest BCUT2D eigenvalue weighted by Crippen LogP contribution is 2.26. The summed E-state index contributed by atoms with van der Waals surface area (Å²) in [5.74, 6) is -0.370. The Bertz CT molecular complexity index is 467. The minimum atomic E-state index is -0.558. The van der Waals surface area contributed by atoms with Crippen LogP contribution in [0.3, 0.4) is 0 Å². The van der Waals surface area contributed by atoms with Gasteiger partial charge in [-0.1, -0.05) is 56.0 Å². The zero-order chi connectivity index (χ0) is 15.1. The molecule has 0 spiro atoms. The van der Waals surface area contributed by atoms with Gasteiger partial charge in [-0.05, 0) is 24.8 Å². The van der Waals surface area contributed by atoms with Crippen LogP contribution < -0.4 is 10.6 Å². The molecule has 1 aromatic rings. The molecular weight excluding hydrogens is 264 g/mol. The summed E-state index contributed by atoms with van der Waals surface area (Å²) in [4.78, 5) is 23.6. The second kappa shape index (κ2) is 7.81. The molecule has 0 radical (unpaired) electrons. The lowest BCUT2D eigenvalue weighted by Crippen LogP contribution is -2.41. The third kappa shape index (κ3) is 4.88. The normalized spacial score (nSPS) is 16.4. The Morgan fingerprint density at radius 3 is 2.48 bits per heavy atom. The van der Waals surface area contributed by atoms with Gasteiger partial charge in [0.1, 0.15) is 0 Å². The number of hydrogen-bond acceptors (Lipinski definition) is 2. The van der Waals surface area contributed by atoms with Crippen LogP contribution in [0.5, 0.6) is 0 Å². The lowest BCUT2D eigenvalue weighted by molar-refractivity contribution is -0.139. The molecule has 2 rings (SSSR count). The lowest BCUT2D eigenvalue weighted by atomic mass is 10.0. The van der Waals surface area contributed by atoms with Crippen molar-refractivity contribution in [3.05, 3.63) is 35.9 Å². The monoisotopic (exact) mass is 288 g/mol. The van der Waals surface area contributed by atoms with E-state index >= 15 is 0 Å². The number of rotatable bonds is 5. The van der Waals surface area contributed by atoms with Crippen molar-refractivity contribution in [2.75, 3.05) is 6.54 Å². The van der Waals surface area contributed by atoms with Crippen LogP contribution in [0.15, 0.2) is 30.3 Å². The van der Waals surface area contributed by atoms with E-state index in [1.54, 1.807) is 0 Å². The Balaban J connectivity index is 1.70. The highest BCUT2D eigenvalue weighted by Gasteiger charge is 2.18. The van der Waals surface area contributed by atoms with Crippen LogP contribution in [0, 0.1) is 5.92 Å². The second-order valence-electron chi connectivity index (χ2n) is 5.80. The minimum absolute atomic E-state index is 0.167. The fourth-order valence-corrected chi connectivity index (χ4v) is 2.86. The molecule has 0 bridgehead atoms. The number of benzene rings is 1. The molecule has 1 aliphatic carbocycles. The summed E-state index contributed by atoms with van der Waals surface area (Å²) >= 11 is 0. The van der Waals surface area contributed by atoms with Crippen molar-refractivity contribution in [2.45, 2.75) is 45.1 Å². The third-order valence-corrected chi connectivity index (χ3v) is 4.17. The molecule has 4 nitrogen and oxygen atoms in total. The molecule has 0 heterocycles. The quantitative estimate of drug-likeness (QED) is 0.818. The lowest BCUT2D eigenvalue weighted by Gasteiger charge is -2.14. The van der Waals surface area contributed by atoms with Crippen LogP contribution in [0.1, 0.15) is 50.6 Å². The first kappa shape index (κ1) is 15.5. The molecule has 2 amide bonds. The highest BCUT2D eigenvalue weighted by molar-refractivity contribution is 6.35. The van der Waals surface area contributed by atoms with E-state index in [0.717, 1.165) is 17.9 Å². The highest BCUT2D eigenvalue weighted by atomic mass is 16.2. The molecule has 21 heavy (non-hydrogen) atoms. The van der Waals surface area contributed by atoms with E-state index in [2.05, 4.69) is 10.6 Å². The molecule has 0 unspecified atom stereocenters. The largest absolute Gasteiger partial charge is 0.348 e. The molecule has 1 saturated carbocycles. The van der Waals surface area contributed by atoms with Crippen molar-refractivity contribution in [1.29, 1.82) is 0 Å². The Labute approximate surface area is 126 Å². The summed E-state index contributed by atoms with van der Waals surface area (Å²) in [6.07, 6.45) is 6.09. The van der Waals surface area contributed by atoms with Gasteiger partial charge in [0.15, 0.2) is 0 Å². The summed E-state index contributed by atoms with van der Waals surface area (Å²) in [5, 5.41) is 5.44. The number of carbonyl (C=O) groups is 2. The van der Waals surface area contributed by atoms with Gasteiger partial charge in [0.25, 0.3) is 0 Å². The van der Waals surface area contributed by atoms with Gasteiger partial charge in [-0.3, -0.25) is 9.59 Å². The summed E-state index contributed by atoms with van der Waals surface area (Å²) in [7, 11) is 0. The van der Waals surface area contributed by atoms with Crippen molar-refractivity contribution < 1.29 is 9.59 Å². The molecule has 2 N–H and O–H groups in total. The number of hydrogen-bond donors (Lipinski definition) is 2. The van der Waals surface area contributed by atoms with Crippen LogP contribution >= 0.6 is 0 Å². The molecule has 1 aliphatic rings. The van der Waals surface area contributed by atoms with E-state index < -0.39 is 11.8 Å². The van der Waals surface area contributed by atoms with Gasteiger partial charge >= 0.3 is 11.8 Å². The van der Waals surface area contributed by atoms with Gasteiger partial charge in [0, 0.05) is 6.54 Å². The standard InChI is InChI=1S/C17H24N2O2/c1-13(15-9-3-2-4-10-15)19-17(21)16(20)18-12-11-14-7-5-6-8-14/h2-4,9-10,13-14H,5-8,11-12H2,1H3,(H,18,20)(H,19,21)/t13-/m1/s1. The first-order valence-electron chi connectivity index (χ1n) is 7.80. The fourth-order valence-electron chi connectivity index (χ4n) is 2.86. The second-order valence-corrected chi connectivity index (χ2v) is 5.80. The van der Waals surface area contributed by atoms with Crippen molar-refractivity contribution >= 4 is 11.8 Å². The van der Waals surface area contributed by atoms with E-state index in [-0.39, 0.29) is 6.04 Å². The zero-order valence-electron chi connectivity index (χ0n) is 12.6. The minimum Gasteiger partial charge on any atom is -0.348 e. The predicted molar refractivity (Wildman–Crippen MR) is 82.6 cm³/mol. The number of nitrogens with one attached hydrogen (secondary N) is 2. The molecule has 0 aromatic heterocycles. The Morgan fingerprint density at radius 1 is 1.14 bits per heavy atom. The predicted octanol–water partition coefficient (Wildman–Crippen LogP) is 2.56. The number of amides is 2. The van der Waals surface area contributed by atoms with Crippen molar-refractivity contribution in [1.82, 2.24) is 10.6 Å². The molecule has 114 valence electrons. The maximum Gasteiger partial charge on any atom is 0.309 e. The van der Waals surface area contributed by atoms with Crippen LogP contribution in [0.25, 0.3) is 0 Å². The van der Waals surface area contributed by atoms with Gasteiger partial charge in [0.2, 0.25) is 0 Å². The van der Waals surface area contributed by atoms with Crippen LogP contribution in [-0.4, -0.2) is 18.4 Å². The van der Waals surface area contributed by atoms with Gasteiger partial charge in [-0.2, -0.15) is 0 Å². The molecule has 1 atom stereocenters. The summed E-state index contributed by atoms with van der Waals surface area (Å²) in [6.45, 7) is 2.47. The van der Waals surface area contributed by atoms with E-state index in [4.69, 9.17) is 0 Å². The summed E-state index contributed by atoms with van der Waals surface area (Å²) in [5.41, 5.74) is 0.990. The van der Waals surface area contributed by atoms with Gasteiger partial charge < -0.3 is 10.6 Å². The first-order chi connectivity index (χ1) is 10.2. The maximum absolute atomic E-state index is 11.8. The molecule has 0 saturated heterocycles. The average molecular weight is 288 g/mol. The van der Waals surface area contributed by atoms with Crippen molar-refractivity contribution in [3.63, 3.8) is 0 Å². The maximum atomic E-state index is 11.8. The smallest absolute Gasteiger partial charge is 0.309 e. The average Bonchev–Trinajstić information content (AvgIpc) is 3.01. The van der Waals surface area contributed by atoms with Crippen LogP contribution in [-0.2, 0) is 9.59 Å². The Morgan fingerprint density at radius 2 is 1.81 bits per heavy atom. The summed E-state index contributed by atoms with van der Waals surface area (Å²) in [6, 6.07) is 9.46. The molecule has 1 fully saturated rings. The SMILES string of the molecule is C[C@@H](NC(=O)C(=O)NCCC1CCCC1)c1ccccc1. The Kier molecular flexibility index (Phi) is 5.78. The van der Waals surface area contributed by atoms with Crippen LogP contribution in [0.4, 0.5) is 0 Å². The number of carbonyl (C=O) groups excluding carboxylic acids is 2. The van der Waals surface area contributed by atoms with Gasteiger partial charge in [-0.15, -0.1) is 0 Å². The van der Waals surface area contributed by atoms with Crippen molar-refractivity contribution in [2.24, 2.45) is 5.92 Å².